The van der Waals surface area contributed by atoms with Gasteiger partial charge >= 0.3 is 6.09 Å². The molecule has 1 aromatic heterocycles. The second-order valence-corrected chi connectivity index (χ2v) is 8.68. The van der Waals surface area contributed by atoms with Crippen molar-refractivity contribution in [2.24, 2.45) is 0 Å². The lowest BCUT2D eigenvalue weighted by Crippen LogP contribution is -2.50. The highest BCUT2D eigenvalue weighted by Gasteiger charge is 2.33. The van der Waals surface area contributed by atoms with E-state index in [9.17, 15) is 9.90 Å². The lowest BCUT2D eigenvalue weighted by Gasteiger charge is -2.39. The molecule has 2 N–H and O–H groups in total. The number of morpholine rings is 1. The first-order valence-electron chi connectivity index (χ1n) is 11.3. The molecule has 0 saturated carbocycles. The Balaban J connectivity index is 1.36. The first-order chi connectivity index (χ1) is 15.2. The number of carboxylic acid groups (broad SMARTS) is 1. The van der Waals surface area contributed by atoms with Gasteiger partial charge in [-0.3, -0.25) is 9.88 Å². The smallest absolute Gasteiger partial charge is 0.407 e. The van der Waals surface area contributed by atoms with Gasteiger partial charge in [-0.1, -0.05) is 18.2 Å². The van der Waals surface area contributed by atoms with Crippen molar-refractivity contribution in [3.8, 4) is 0 Å². The van der Waals surface area contributed by atoms with Crippen LogP contribution in [0.1, 0.15) is 41.3 Å². The molecule has 1 amide bonds. The third kappa shape index (κ3) is 4.12. The van der Waals surface area contributed by atoms with Gasteiger partial charge in [-0.15, -0.1) is 0 Å². The quantitative estimate of drug-likeness (QED) is 0.789. The average molecular weight is 423 g/mol. The Bertz CT molecular complexity index is 944. The maximum absolute atomic E-state index is 12.1. The molecule has 7 nitrogen and oxygen atoms in total. The van der Waals surface area contributed by atoms with E-state index in [0.29, 0.717) is 13.1 Å². The van der Waals surface area contributed by atoms with E-state index < -0.39 is 6.09 Å². The third-order valence-electron chi connectivity index (χ3n) is 6.86. The van der Waals surface area contributed by atoms with Gasteiger partial charge in [-0.2, -0.15) is 0 Å². The number of pyridine rings is 1. The van der Waals surface area contributed by atoms with Crippen LogP contribution in [0.5, 0.6) is 0 Å². The molecule has 7 heteroatoms. The van der Waals surface area contributed by atoms with Crippen molar-refractivity contribution in [1.82, 2.24) is 15.2 Å². The fraction of sp³-hybridized carbons (Fsp3) is 0.500. The van der Waals surface area contributed by atoms with Crippen LogP contribution < -0.4 is 10.2 Å². The summed E-state index contributed by atoms with van der Waals surface area (Å²) in [5, 5.41) is 13.6. The summed E-state index contributed by atoms with van der Waals surface area (Å²) in [7, 11) is 0. The highest BCUT2D eigenvalue weighted by atomic mass is 16.5. The van der Waals surface area contributed by atoms with Crippen molar-refractivity contribution < 1.29 is 14.6 Å². The van der Waals surface area contributed by atoms with Crippen LogP contribution in [0.3, 0.4) is 0 Å². The summed E-state index contributed by atoms with van der Waals surface area (Å²) < 4.78 is 5.53. The minimum absolute atomic E-state index is 0.0960. The Kier molecular flexibility index (Phi) is 5.78. The normalized spacial score (nSPS) is 23.2. The van der Waals surface area contributed by atoms with Gasteiger partial charge in [0.15, 0.2) is 0 Å². The molecule has 3 aliphatic rings. The number of benzene rings is 1. The largest absolute Gasteiger partial charge is 0.465 e. The van der Waals surface area contributed by atoms with Crippen LogP contribution in [-0.2, 0) is 24.1 Å². The van der Waals surface area contributed by atoms with Gasteiger partial charge in [-0.25, -0.2) is 4.79 Å². The van der Waals surface area contributed by atoms with Crippen LogP contribution in [0.2, 0.25) is 0 Å². The minimum Gasteiger partial charge on any atom is -0.465 e. The van der Waals surface area contributed by atoms with E-state index in [2.05, 4.69) is 33.4 Å². The molecule has 2 aliphatic heterocycles. The Morgan fingerprint density at radius 1 is 1.19 bits per heavy atom. The summed E-state index contributed by atoms with van der Waals surface area (Å²) in [6, 6.07) is 10.5. The van der Waals surface area contributed by atoms with Crippen LogP contribution in [0.4, 0.5) is 10.5 Å². The summed E-state index contributed by atoms with van der Waals surface area (Å²) in [4.78, 5) is 20.7. The number of hydrogen-bond donors (Lipinski definition) is 2. The van der Waals surface area contributed by atoms with E-state index in [1.54, 1.807) is 4.90 Å². The molecule has 3 heterocycles. The first-order valence-corrected chi connectivity index (χ1v) is 11.3. The molecule has 2 aromatic rings. The predicted molar refractivity (Wildman–Crippen MR) is 118 cm³/mol. The molecule has 0 unspecified atom stereocenters. The molecule has 5 rings (SSSR count). The fourth-order valence-electron chi connectivity index (χ4n) is 5.26. The molecule has 1 aliphatic carbocycles. The van der Waals surface area contributed by atoms with Crippen molar-refractivity contribution in [3.63, 3.8) is 0 Å². The van der Waals surface area contributed by atoms with E-state index in [4.69, 9.17) is 4.74 Å². The van der Waals surface area contributed by atoms with Crippen LogP contribution in [0, 0.1) is 0 Å². The zero-order valence-corrected chi connectivity index (χ0v) is 17.8. The third-order valence-corrected chi connectivity index (χ3v) is 6.86. The second-order valence-electron chi connectivity index (χ2n) is 8.68. The first kappa shape index (κ1) is 20.3. The van der Waals surface area contributed by atoms with Gasteiger partial charge in [0.2, 0.25) is 0 Å². The van der Waals surface area contributed by atoms with E-state index in [0.717, 1.165) is 63.2 Å². The average Bonchev–Trinajstić information content (AvgIpc) is 2.82. The lowest BCUT2D eigenvalue weighted by atomic mass is 9.90. The maximum Gasteiger partial charge on any atom is 0.407 e. The Hall–Kier alpha value is -2.64. The number of aromatic nitrogens is 1. The number of anilines is 1. The maximum atomic E-state index is 12.1. The minimum atomic E-state index is -0.851. The topological polar surface area (TPSA) is 77.9 Å². The Labute approximate surface area is 183 Å². The Morgan fingerprint density at radius 2 is 2.03 bits per heavy atom. The number of nitrogens with one attached hydrogen (secondary N) is 1. The Morgan fingerprint density at radius 3 is 2.87 bits per heavy atom. The molecule has 0 bridgehead atoms. The molecule has 1 fully saturated rings. The predicted octanol–water partition coefficient (Wildman–Crippen LogP) is 2.99. The molecule has 1 saturated heterocycles. The standard InChI is InChI=1S/C24H30N4O3/c29-24(30)28-16-18-5-2-8-22(27-10-12-31-13-11-27)20(18)14-19(28)15-26-21-7-1-4-17-6-3-9-25-23(17)21/h2-3,5-6,8-9,19,21,26H,1,4,7,10-16H2,(H,29,30)/t19-,21+/m1/s1. The van der Waals surface area contributed by atoms with Gasteiger partial charge in [0.05, 0.1) is 24.9 Å². The number of rotatable bonds is 4. The molecule has 0 spiro atoms. The summed E-state index contributed by atoms with van der Waals surface area (Å²) >= 11 is 0. The van der Waals surface area contributed by atoms with Crippen molar-refractivity contribution in [3.05, 3.63) is 58.9 Å². The van der Waals surface area contributed by atoms with E-state index in [1.165, 1.54) is 16.8 Å². The molecule has 0 radical (unpaired) electrons. The zero-order chi connectivity index (χ0) is 21.2. The van der Waals surface area contributed by atoms with Crippen LogP contribution in [-0.4, -0.2) is 60.0 Å². The number of aryl methyl sites for hydroxylation is 1. The molecule has 1 aromatic carbocycles. The molecule has 164 valence electrons. The monoisotopic (exact) mass is 422 g/mol. The molecular weight excluding hydrogens is 392 g/mol. The van der Waals surface area contributed by atoms with Crippen LogP contribution in [0.25, 0.3) is 0 Å². The summed E-state index contributed by atoms with van der Waals surface area (Å²) in [6.07, 6.45) is 4.98. The van der Waals surface area contributed by atoms with Crippen LogP contribution >= 0.6 is 0 Å². The van der Waals surface area contributed by atoms with E-state index in [-0.39, 0.29) is 12.1 Å². The van der Waals surface area contributed by atoms with Crippen LogP contribution in [0.15, 0.2) is 36.5 Å². The van der Waals surface area contributed by atoms with Gasteiger partial charge in [0.1, 0.15) is 0 Å². The SMILES string of the molecule is O=C(O)N1Cc2cccc(N3CCOCC3)c2C[C@@H]1CN[C@H]1CCCc2cccnc21. The lowest BCUT2D eigenvalue weighted by molar-refractivity contribution is 0.112. The number of fused-ring (bicyclic) bond motifs is 2. The molecule has 31 heavy (non-hydrogen) atoms. The highest BCUT2D eigenvalue weighted by Crippen LogP contribution is 2.33. The van der Waals surface area contributed by atoms with Crippen molar-refractivity contribution >= 4 is 11.8 Å². The van der Waals surface area contributed by atoms with Gasteiger partial charge < -0.3 is 20.1 Å². The number of carbonyl (C=O) groups is 1. The summed E-state index contributed by atoms with van der Waals surface area (Å²) in [6.45, 7) is 4.31. The number of nitrogens with zero attached hydrogens (tertiary/aromatic N) is 3. The molecular formula is C24H30N4O3. The van der Waals surface area contributed by atoms with E-state index in [1.807, 2.05) is 18.3 Å². The van der Waals surface area contributed by atoms with Crippen molar-refractivity contribution in [2.45, 2.75) is 44.3 Å². The number of hydrogen-bond acceptors (Lipinski definition) is 5. The zero-order valence-electron chi connectivity index (χ0n) is 17.8. The number of amides is 1. The fourth-order valence-corrected chi connectivity index (χ4v) is 5.26. The van der Waals surface area contributed by atoms with Gasteiger partial charge in [-0.05, 0) is 54.5 Å². The second kappa shape index (κ2) is 8.85. The van der Waals surface area contributed by atoms with E-state index >= 15 is 0 Å². The van der Waals surface area contributed by atoms with Crippen molar-refractivity contribution in [1.29, 1.82) is 0 Å². The summed E-state index contributed by atoms with van der Waals surface area (Å²) in [5.74, 6) is 0. The van der Waals surface area contributed by atoms with Crippen molar-refractivity contribution in [2.75, 3.05) is 37.7 Å². The highest BCUT2D eigenvalue weighted by molar-refractivity contribution is 5.68. The van der Waals surface area contributed by atoms with Gasteiger partial charge in [0, 0.05) is 44.1 Å². The van der Waals surface area contributed by atoms with Gasteiger partial charge in [0.25, 0.3) is 0 Å². The number of ether oxygens (including phenoxy) is 1. The molecule has 2 atom stereocenters. The summed E-state index contributed by atoms with van der Waals surface area (Å²) in [5.41, 5.74) is 6.08.